The summed E-state index contributed by atoms with van der Waals surface area (Å²) in [6, 6.07) is 29.0. The lowest BCUT2D eigenvalue weighted by atomic mass is 9.96. The molecule has 1 heterocycles. The van der Waals surface area contributed by atoms with Crippen LogP contribution < -0.4 is 10.9 Å². The van der Waals surface area contributed by atoms with Crippen LogP contribution in [0.25, 0.3) is 33.1 Å². The number of fused-ring (bicyclic) bond motifs is 3. The molecule has 0 aliphatic heterocycles. The van der Waals surface area contributed by atoms with Crippen LogP contribution in [-0.4, -0.2) is 0 Å². The minimum atomic E-state index is 0.870. The van der Waals surface area contributed by atoms with E-state index < -0.39 is 0 Å². The summed E-state index contributed by atoms with van der Waals surface area (Å²) in [5.41, 5.74) is 8.59. The largest absolute Gasteiger partial charge is 0.456 e. The predicted molar refractivity (Wildman–Crippen MR) is 121 cm³/mol. The van der Waals surface area contributed by atoms with Crippen molar-refractivity contribution >= 4 is 33.3 Å². The number of furan rings is 1. The second-order valence-electron chi connectivity index (χ2n) is 7.46. The molecule has 0 amide bonds. The third-order valence-electron chi connectivity index (χ3n) is 5.56. The lowest BCUT2D eigenvalue weighted by Crippen LogP contribution is -2.24. The highest BCUT2D eigenvalue weighted by atomic mass is 16.3. The molecule has 0 saturated heterocycles. The van der Waals surface area contributed by atoms with E-state index in [0.717, 1.165) is 33.3 Å². The Hall–Kier alpha value is -3.56. The second kappa shape index (κ2) is 6.80. The molecule has 0 atom stereocenters. The number of nitrogens with two attached hydrogens (primary N) is 1. The van der Waals surface area contributed by atoms with Crippen molar-refractivity contribution in [3.63, 3.8) is 0 Å². The molecule has 0 unspecified atom stereocenters. The SMILES string of the molecule is Cc1ccccc1-c1ccc(N(N)c2ccc3oc4ccccc4c3c2)cc1C. The van der Waals surface area contributed by atoms with E-state index in [1.807, 2.05) is 30.3 Å². The maximum absolute atomic E-state index is 6.51. The smallest absolute Gasteiger partial charge is 0.135 e. The van der Waals surface area contributed by atoms with E-state index >= 15 is 0 Å². The van der Waals surface area contributed by atoms with Gasteiger partial charge in [-0.2, -0.15) is 0 Å². The van der Waals surface area contributed by atoms with Crippen molar-refractivity contribution in [2.24, 2.45) is 5.84 Å². The lowest BCUT2D eigenvalue weighted by molar-refractivity contribution is 0.669. The van der Waals surface area contributed by atoms with Crippen molar-refractivity contribution in [1.82, 2.24) is 0 Å². The highest BCUT2D eigenvalue weighted by Gasteiger charge is 2.12. The first kappa shape index (κ1) is 17.5. The molecular weight excluding hydrogens is 356 g/mol. The molecule has 2 N–H and O–H groups in total. The molecule has 3 heteroatoms. The Morgan fingerprint density at radius 2 is 1.28 bits per heavy atom. The van der Waals surface area contributed by atoms with Gasteiger partial charge in [0.2, 0.25) is 0 Å². The normalized spacial score (nSPS) is 11.3. The molecule has 3 nitrogen and oxygen atoms in total. The van der Waals surface area contributed by atoms with E-state index in [1.165, 1.54) is 22.3 Å². The molecule has 0 bridgehead atoms. The minimum Gasteiger partial charge on any atom is -0.456 e. The Morgan fingerprint density at radius 3 is 2.10 bits per heavy atom. The van der Waals surface area contributed by atoms with Gasteiger partial charge < -0.3 is 4.42 Å². The summed E-state index contributed by atoms with van der Waals surface area (Å²) in [5.74, 6) is 6.51. The van der Waals surface area contributed by atoms with E-state index in [9.17, 15) is 0 Å². The number of anilines is 2. The molecule has 0 spiro atoms. The average molecular weight is 378 g/mol. The standard InChI is InChI=1S/C26H22N2O/c1-17-7-3-4-8-21(17)22-13-11-19(15-18(22)2)28(27)20-12-14-26-24(16-20)23-9-5-6-10-25(23)29-26/h3-16H,27H2,1-2H3. The summed E-state index contributed by atoms with van der Waals surface area (Å²) < 4.78 is 5.93. The van der Waals surface area contributed by atoms with Gasteiger partial charge in [0.25, 0.3) is 0 Å². The quantitative estimate of drug-likeness (QED) is 0.275. The first-order valence-corrected chi connectivity index (χ1v) is 9.74. The van der Waals surface area contributed by atoms with Gasteiger partial charge in [0, 0.05) is 10.8 Å². The molecule has 1 aromatic heterocycles. The molecule has 142 valence electrons. The van der Waals surface area contributed by atoms with Gasteiger partial charge in [0.05, 0.1) is 11.4 Å². The first-order valence-electron chi connectivity index (χ1n) is 9.74. The van der Waals surface area contributed by atoms with Gasteiger partial charge in [0.15, 0.2) is 0 Å². The van der Waals surface area contributed by atoms with Crippen LogP contribution in [0, 0.1) is 13.8 Å². The Bertz CT molecular complexity index is 1350. The molecule has 0 radical (unpaired) electrons. The Morgan fingerprint density at radius 1 is 0.621 bits per heavy atom. The van der Waals surface area contributed by atoms with Gasteiger partial charge >= 0.3 is 0 Å². The maximum Gasteiger partial charge on any atom is 0.135 e. The fourth-order valence-electron chi connectivity index (χ4n) is 3.99. The number of rotatable bonds is 3. The second-order valence-corrected chi connectivity index (χ2v) is 7.46. The molecule has 5 aromatic rings. The van der Waals surface area contributed by atoms with Gasteiger partial charge in [-0.15, -0.1) is 0 Å². The van der Waals surface area contributed by atoms with Gasteiger partial charge in [-0.1, -0.05) is 48.5 Å². The van der Waals surface area contributed by atoms with Crippen molar-refractivity contribution < 1.29 is 4.42 Å². The fourth-order valence-corrected chi connectivity index (χ4v) is 3.99. The molecule has 0 aliphatic rings. The Balaban J connectivity index is 1.55. The predicted octanol–water partition coefficient (Wildman–Crippen LogP) is 6.88. The van der Waals surface area contributed by atoms with E-state index in [-0.39, 0.29) is 0 Å². The highest BCUT2D eigenvalue weighted by Crippen LogP contribution is 2.34. The van der Waals surface area contributed by atoms with Crippen LogP contribution in [0.2, 0.25) is 0 Å². The zero-order valence-electron chi connectivity index (χ0n) is 16.5. The molecule has 29 heavy (non-hydrogen) atoms. The molecule has 0 saturated carbocycles. The van der Waals surface area contributed by atoms with Crippen LogP contribution in [0.3, 0.4) is 0 Å². The molecular formula is C26H22N2O. The summed E-state index contributed by atoms with van der Waals surface area (Å²) in [4.78, 5) is 0. The number of nitrogens with zero attached hydrogens (tertiary/aromatic N) is 1. The van der Waals surface area contributed by atoms with Gasteiger partial charge in [-0.25, -0.2) is 5.84 Å². The number of benzene rings is 4. The number of para-hydroxylation sites is 1. The fraction of sp³-hybridized carbons (Fsp3) is 0.0769. The van der Waals surface area contributed by atoms with Crippen molar-refractivity contribution in [1.29, 1.82) is 0 Å². The zero-order valence-corrected chi connectivity index (χ0v) is 16.5. The zero-order chi connectivity index (χ0) is 20.0. The van der Waals surface area contributed by atoms with E-state index in [2.05, 4.69) is 68.4 Å². The van der Waals surface area contributed by atoms with Crippen molar-refractivity contribution in [3.8, 4) is 11.1 Å². The highest BCUT2D eigenvalue weighted by molar-refractivity contribution is 6.06. The number of hydrogen-bond donors (Lipinski definition) is 1. The van der Waals surface area contributed by atoms with Crippen molar-refractivity contribution in [2.75, 3.05) is 5.01 Å². The number of aryl methyl sites for hydroxylation is 2. The van der Waals surface area contributed by atoms with E-state index in [4.69, 9.17) is 10.3 Å². The third-order valence-corrected chi connectivity index (χ3v) is 5.56. The van der Waals surface area contributed by atoms with Crippen molar-refractivity contribution in [3.05, 3.63) is 96.1 Å². The van der Waals surface area contributed by atoms with Crippen LogP contribution in [0.5, 0.6) is 0 Å². The summed E-state index contributed by atoms with van der Waals surface area (Å²) >= 11 is 0. The first-order chi connectivity index (χ1) is 14.1. The molecule has 0 fully saturated rings. The maximum atomic E-state index is 6.51. The van der Waals surface area contributed by atoms with Gasteiger partial charge in [-0.3, -0.25) is 5.01 Å². The van der Waals surface area contributed by atoms with Crippen LogP contribution in [0.15, 0.2) is 89.3 Å². The summed E-state index contributed by atoms with van der Waals surface area (Å²) in [6.45, 7) is 4.27. The van der Waals surface area contributed by atoms with Gasteiger partial charge in [0.1, 0.15) is 11.2 Å². The third kappa shape index (κ3) is 2.96. The number of hydrazine groups is 1. The molecule has 4 aromatic carbocycles. The van der Waals surface area contributed by atoms with Crippen molar-refractivity contribution in [2.45, 2.75) is 13.8 Å². The van der Waals surface area contributed by atoms with E-state index in [0.29, 0.717) is 0 Å². The van der Waals surface area contributed by atoms with Crippen LogP contribution >= 0.6 is 0 Å². The average Bonchev–Trinajstić information content (AvgIpc) is 3.12. The monoisotopic (exact) mass is 378 g/mol. The Labute approximate surface area is 170 Å². The minimum absolute atomic E-state index is 0.870. The molecule has 0 aliphatic carbocycles. The van der Waals surface area contributed by atoms with Gasteiger partial charge in [-0.05, 0) is 72.5 Å². The Kier molecular flexibility index (Phi) is 4.11. The van der Waals surface area contributed by atoms with Crippen LogP contribution in [-0.2, 0) is 0 Å². The number of hydrogen-bond acceptors (Lipinski definition) is 3. The van der Waals surface area contributed by atoms with Crippen LogP contribution in [0.4, 0.5) is 11.4 Å². The topological polar surface area (TPSA) is 42.4 Å². The molecule has 5 rings (SSSR count). The summed E-state index contributed by atoms with van der Waals surface area (Å²) in [5, 5.41) is 3.90. The lowest BCUT2D eigenvalue weighted by Gasteiger charge is -2.20. The van der Waals surface area contributed by atoms with E-state index in [1.54, 1.807) is 5.01 Å². The summed E-state index contributed by atoms with van der Waals surface area (Å²) in [7, 11) is 0. The van der Waals surface area contributed by atoms with Crippen LogP contribution in [0.1, 0.15) is 11.1 Å². The summed E-state index contributed by atoms with van der Waals surface area (Å²) in [6.07, 6.45) is 0.